The Labute approximate surface area is 94.4 Å². The van der Waals surface area contributed by atoms with E-state index in [-0.39, 0.29) is 0 Å². The average Bonchev–Trinajstić information content (AvgIpc) is 2.25. The van der Waals surface area contributed by atoms with Gasteiger partial charge in [-0.05, 0) is 46.1 Å². The molecule has 0 aromatic carbocycles. The molecule has 0 aliphatic carbocycles. The highest BCUT2D eigenvalue weighted by molar-refractivity contribution is 4.84. The number of rotatable bonds is 2. The van der Waals surface area contributed by atoms with Gasteiger partial charge in [0.05, 0.1) is 0 Å². The fourth-order valence-corrected chi connectivity index (χ4v) is 3.17. The van der Waals surface area contributed by atoms with Gasteiger partial charge in [-0.1, -0.05) is 12.8 Å². The number of nitrogens with one attached hydrogen (secondary N) is 1. The van der Waals surface area contributed by atoms with Crippen molar-refractivity contribution in [1.29, 1.82) is 0 Å². The van der Waals surface area contributed by atoms with Gasteiger partial charge in [0.25, 0.3) is 0 Å². The number of piperidine rings is 2. The molecule has 0 bridgehead atoms. The van der Waals surface area contributed by atoms with E-state index in [1.165, 1.54) is 51.6 Å². The van der Waals surface area contributed by atoms with Crippen molar-refractivity contribution < 1.29 is 0 Å². The summed E-state index contributed by atoms with van der Waals surface area (Å²) in [5.74, 6) is 0. The molecule has 2 rings (SSSR count). The summed E-state index contributed by atoms with van der Waals surface area (Å²) in [6.07, 6.45) is 8.41. The molecule has 0 spiro atoms. The number of hydrogen-bond donors (Lipinski definition) is 1. The van der Waals surface area contributed by atoms with Crippen LogP contribution in [0.25, 0.3) is 0 Å². The normalized spacial score (nSPS) is 39.2. The van der Waals surface area contributed by atoms with Gasteiger partial charge in [-0.25, -0.2) is 0 Å². The van der Waals surface area contributed by atoms with E-state index in [2.05, 4.69) is 24.1 Å². The summed E-state index contributed by atoms with van der Waals surface area (Å²) in [6, 6.07) is 2.37. The third kappa shape index (κ3) is 2.94. The van der Waals surface area contributed by atoms with Gasteiger partial charge < -0.3 is 5.32 Å². The molecule has 0 aromatic heterocycles. The van der Waals surface area contributed by atoms with E-state index in [1.54, 1.807) is 0 Å². The van der Waals surface area contributed by atoms with E-state index in [4.69, 9.17) is 0 Å². The lowest BCUT2D eigenvalue weighted by Crippen LogP contribution is -2.51. The minimum absolute atomic E-state index is 0.766. The Morgan fingerprint density at radius 2 is 1.73 bits per heavy atom. The zero-order valence-corrected chi connectivity index (χ0v) is 10.3. The van der Waals surface area contributed by atoms with Crippen LogP contribution in [0.4, 0.5) is 0 Å². The summed E-state index contributed by atoms with van der Waals surface area (Å²) >= 11 is 0. The largest absolute Gasteiger partial charge is 0.313 e. The van der Waals surface area contributed by atoms with Gasteiger partial charge in [-0.2, -0.15) is 0 Å². The SMILES string of the molecule is C[C@@H]1CCC[C@@H](C)N1C[C@@H]1CCCCN1. The molecule has 2 heterocycles. The molecule has 1 N–H and O–H groups in total. The number of likely N-dealkylation sites (tertiary alicyclic amines) is 1. The van der Waals surface area contributed by atoms with Crippen LogP contribution in [0.15, 0.2) is 0 Å². The summed E-state index contributed by atoms with van der Waals surface area (Å²) < 4.78 is 0. The summed E-state index contributed by atoms with van der Waals surface area (Å²) in [6.45, 7) is 7.32. The van der Waals surface area contributed by atoms with Gasteiger partial charge in [0.1, 0.15) is 0 Å². The fraction of sp³-hybridized carbons (Fsp3) is 1.00. The third-order valence-corrected chi connectivity index (χ3v) is 4.22. The first kappa shape index (κ1) is 11.4. The molecular weight excluding hydrogens is 184 g/mol. The molecular formula is C13H26N2. The van der Waals surface area contributed by atoms with E-state index in [0.717, 1.165) is 18.1 Å². The molecule has 0 saturated carbocycles. The highest BCUT2D eigenvalue weighted by Crippen LogP contribution is 2.23. The first-order valence-electron chi connectivity index (χ1n) is 6.76. The minimum atomic E-state index is 0.766. The quantitative estimate of drug-likeness (QED) is 0.753. The molecule has 2 aliphatic heterocycles. The molecule has 15 heavy (non-hydrogen) atoms. The first-order chi connectivity index (χ1) is 7.27. The highest BCUT2D eigenvalue weighted by atomic mass is 15.2. The van der Waals surface area contributed by atoms with Crippen molar-refractivity contribution in [2.45, 2.75) is 70.5 Å². The van der Waals surface area contributed by atoms with E-state index in [0.29, 0.717) is 0 Å². The zero-order chi connectivity index (χ0) is 10.7. The zero-order valence-electron chi connectivity index (χ0n) is 10.3. The lowest BCUT2D eigenvalue weighted by Gasteiger charge is -2.41. The lowest BCUT2D eigenvalue weighted by atomic mass is 9.95. The maximum atomic E-state index is 3.67. The van der Waals surface area contributed by atoms with Crippen molar-refractivity contribution in [2.24, 2.45) is 0 Å². The van der Waals surface area contributed by atoms with Crippen LogP contribution in [-0.4, -0.2) is 36.1 Å². The van der Waals surface area contributed by atoms with E-state index in [1.807, 2.05) is 0 Å². The van der Waals surface area contributed by atoms with Gasteiger partial charge in [0, 0.05) is 24.7 Å². The Morgan fingerprint density at radius 3 is 2.33 bits per heavy atom. The molecule has 2 aliphatic rings. The van der Waals surface area contributed by atoms with Gasteiger partial charge in [0.15, 0.2) is 0 Å². The summed E-state index contributed by atoms with van der Waals surface area (Å²) in [4.78, 5) is 2.73. The molecule has 0 unspecified atom stereocenters. The van der Waals surface area contributed by atoms with Gasteiger partial charge in [0.2, 0.25) is 0 Å². The van der Waals surface area contributed by atoms with Crippen LogP contribution in [0.1, 0.15) is 52.4 Å². The fourth-order valence-electron chi connectivity index (χ4n) is 3.17. The molecule has 0 amide bonds. The second-order valence-corrected chi connectivity index (χ2v) is 5.47. The van der Waals surface area contributed by atoms with Gasteiger partial charge in [-0.3, -0.25) is 4.90 Å². The topological polar surface area (TPSA) is 15.3 Å². The molecule has 0 aromatic rings. The third-order valence-electron chi connectivity index (χ3n) is 4.22. The van der Waals surface area contributed by atoms with E-state index < -0.39 is 0 Å². The predicted molar refractivity (Wildman–Crippen MR) is 65.1 cm³/mol. The van der Waals surface area contributed by atoms with Crippen LogP contribution in [-0.2, 0) is 0 Å². The monoisotopic (exact) mass is 210 g/mol. The molecule has 88 valence electrons. The van der Waals surface area contributed by atoms with Crippen LogP contribution in [0.2, 0.25) is 0 Å². The second kappa shape index (κ2) is 5.31. The van der Waals surface area contributed by atoms with Crippen molar-refractivity contribution >= 4 is 0 Å². The van der Waals surface area contributed by atoms with Crippen LogP contribution in [0.3, 0.4) is 0 Å². The Bertz CT molecular complexity index is 177. The van der Waals surface area contributed by atoms with Gasteiger partial charge in [-0.15, -0.1) is 0 Å². The van der Waals surface area contributed by atoms with Gasteiger partial charge >= 0.3 is 0 Å². The Kier molecular flexibility index (Phi) is 4.04. The number of hydrogen-bond acceptors (Lipinski definition) is 2. The highest BCUT2D eigenvalue weighted by Gasteiger charge is 2.27. The predicted octanol–water partition coefficient (Wildman–Crippen LogP) is 2.39. The van der Waals surface area contributed by atoms with E-state index >= 15 is 0 Å². The molecule has 2 fully saturated rings. The minimum Gasteiger partial charge on any atom is -0.313 e. The van der Waals surface area contributed by atoms with Crippen LogP contribution in [0.5, 0.6) is 0 Å². The Hall–Kier alpha value is -0.0800. The van der Waals surface area contributed by atoms with Crippen LogP contribution in [0, 0.1) is 0 Å². The van der Waals surface area contributed by atoms with Crippen LogP contribution < -0.4 is 5.32 Å². The summed E-state index contributed by atoms with van der Waals surface area (Å²) in [5.41, 5.74) is 0. The first-order valence-corrected chi connectivity index (χ1v) is 6.76. The number of nitrogens with zero attached hydrogens (tertiary/aromatic N) is 1. The lowest BCUT2D eigenvalue weighted by molar-refractivity contribution is 0.0864. The second-order valence-electron chi connectivity index (χ2n) is 5.47. The van der Waals surface area contributed by atoms with Crippen molar-refractivity contribution in [3.05, 3.63) is 0 Å². The van der Waals surface area contributed by atoms with Crippen molar-refractivity contribution in [1.82, 2.24) is 10.2 Å². The average molecular weight is 210 g/mol. The van der Waals surface area contributed by atoms with Crippen molar-refractivity contribution in [2.75, 3.05) is 13.1 Å². The molecule has 2 heteroatoms. The smallest absolute Gasteiger partial charge is 0.0195 e. The molecule has 2 nitrogen and oxygen atoms in total. The maximum absolute atomic E-state index is 3.67. The summed E-state index contributed by atoms with van der Waals surface area (Å²) in [5, 5.41) is 3.67. The van der Waals surface area contributed by atoms with Crippen molar-refractivity contribution in [3.63, 3.8) is 0 Å². The molecule has 2 saturated heterocycles. The Balaban J connectivity index is 1.84. The summed E-state index contributed by atoms with van der Waals surface area (Å²) in [7, 11) is 0. The maximum Gasteiger partial charge on any atom is 0.0195 e. The van der Waals surface area contributed by atoms with Crippen molar-refractivity contribution in [3.8, 4) is 0 Å². The molecule has 3 atom stereocenters. The molecule has 0 radical (unpaired) electrons. The Morgan fingerprint density at radius 1 is 1.00 bits per heavy atom. The standard InChI is InChI=1S/C13H26N2/c1-11-6-5-7-12(2)15(11)10-13-8-3-4-9-14-13/h11-14H,3-10H2,1-2H3/t11-,12-,13+/m1/s1. The van der Waals surface area contributed by atoms with E-state index in [9.17, 15) is 0 Å². The van der Waals surface area contributed by atoms with Crippen LogP contribution >= 0.6 is 0 Å².